The molecule has 0 unspecified atom stereocenters. The summed E-state index contributed by atoms with van der Waals surface area (Å²) in [6, 6.07) is 0. The maximum absolute atomic E-state index is 12.0. The maximum Gasteiger partial charge on any atom is 0.220 e. The highest BCUT2D eigenvalue weighted by Gasteiger charge is 2.26. The summed E-state index contributed by atoms with van der Waals surface area (Å²) in [5.74, 6) is 0.646. The van der Waals surface area contributed by atoms with Crippen LogP contribution >= 0.6 is 0 Å². The van der Waals surface area contributed by atoms with Gasteiger partial charge in [-0.15, -0.1) is 0 Å². The third kappa shape index (κ3) is 13.5. The van der Waals surface area contributed by atoms with Crippen LogP contribution in [0.1, 0.15) is 87.5 Å². The van der Waals surface area contributed by atoms with Crippen molar-refractivity contribution >= 4 is 5.91 Å². The average molecular weight is 330 g/mol. The normalized spacial score (nSPS) is 13.5. The summed E-state index contributed by atoms with van der Waals surface area (Å²) < 4.78 is 5.99. The van der Waals surface area contributed by atoms with Crippen LogP contribution in [0.15, 0.2) is 0 Å². The van der Waals surface area contributed by atoms with Gasteiger partial charge in [-0.2, -0.15) is 0 Å². The fraction of sp³-hybridized carbons (Fsp3) is 0.947. The largest absolute Gasteiger partial charge is 0.390 e. The number of carbonyl (C=O) groups is 1. The Hall–Kier alpha value is -0.610. The summed E-state index contributed by atoms with van der Waals surface area (Å²) in [7, 11) is 0. The third-order valence-corrected chi connectivity index (χ3v) is 3.98. The van der Waals surface area contributed by atoms with E-state index in [0.29, 0.717) is 18.8 Å². The summed E-state index contributed by atoms with van der Waals surface area (Å²) in [5, 5.41) is 12.8. The van der Waals surface area contributed by atoms with E-state index in [0.717, 1.165) is 25.9 Å². The van der Waals surface area contributed by atoms with Gasteiger partial charge in [0.25, 0.3) is 0 Å². The molecule has 0 saturated heterocycles. The minimum atomic E-state index is -0.798. The van der Waals surface area contributed by atoms with Crippen LogP contribution in [-0.4, -0.2) is 34.4 Å². The van der Waals surface area contributed by atoms with Gasteiger partial charge in [-0.1, -0.05) is 13.8 Å². The quantitative estimate of drug-likeness (QED) is 0.601. The molecule has 0 saturated carbocycles. The third-order valence-electron chi connectivity index (χ3n) is 3.98. The standard InChI is InChI=1S/C19H39NO3/c1-15(2)10-14-23-19(7,8)13-12-17(3,4)20-16(21)9-11-18(5,6)22/h15,22H,9-14H2,1-8H3,(H,20,21). The molecule has 2 N–H and O–H groups in total. The molecule has 0 spiro atoms. The fourth-order valence-electron chi connectivity index (χ4n) is 2.18. The number of hydrogen-bond acceptors (Lipinski definition) is 3. The van der Waals surface area contributed by atoms with Crippen LogP contribution in [0.3, 0.4) is 0 Å². The zero-order chi connectivity index (χ0) is 18.3. The average Bonchev–Trinajstić information content (AvgIpc) is 2.32. The number of rotatable bonds is 11. The van der Waals surface area contributed by atoms with Gasteiger partial charge in [0.1, 0.15) is 0 Å². The van der Waals surface area contributed by atoms with E-state index >= 15 is 0 Å². The van der Waals surface area contributed by atoms with Gasteiger partial charge in [-0.3, -0.25) is 4.79 Å². The Kier molecular flexibility index (Phi) is 8.79. The number of ether oxygens (including phenoxy) is 1. The van der Waals surface area contributed by atoms with Crippen LogP contribution in [0.2, 0.25) is 0 Å². The fourth-order valence-corrected chi connectivity index (χ4v) is 2.18. The molecule has 0 aromatic heterocycles. The lowest BCUT2D eigenvalue weighted by Crippen LogP contribution is -2.45. The minimum absolute atomic E-state index is 0.00402. The molecular weight excluding hydrogens is 290 g/mol. The molecule has 0 atom stereocenters. The number of aliphatic hydroxyl groups is 1. The highest BCUT2D eigenvalue weighted by Crippen LogP contribution is 2.23. The van der Waals surface area contributed by atoms with Gasteiger partial charge in [0, 0.05) is 18.6 Å². The molecule has 0 bridgehead atoms. The Morgan fingerprint density at radius 3 is 2.09 bits per heavy atom. The van der Waals surface area contributed by atoms with Gasteiger partial charge in [-0.25, -0.2) is 0 Å². The molecule has 0 radical (unpaired) electrons. The lowest BCUT2D eigenvalue weighted by molar-refractivity contribution is -0.124. The monoisotopic (exact) mass is 329 g/mol. The highest BCUT2D eigenvalue weighted by atomic mass is 16.5. The van der Waals surface area contributed by atoms with Crippen molar-refractivity contribution in [2.45, 2.75) is 104 Å². The van der Waals surface area contributed by atoms with Crippen molar-refractivity contribution < 1.29 is 14.6 Å². The van der Waals surface area contributed by atoms with Crippen molar-refractivity contribution in [2.75, 3.05) is 6.61 Å². The van der Waals surface area contributed by atoms with Crippen molar-refractivity contribution in [2.24, 2.45) is 5.92 Å². The Morgan fingerprint density at radius 2 is 1.61 bits per heavy atom. The molecular formula is C19H39NO3. The van der Waals surface area contributed by atoms with E-state index in [9.17, 15) is 9.90 Å². The molecule has 138 valence electrons. The summed E-state index contributed by atoms with van der Waals surface area (Å²) in [6.07, 6.45) is 3.64. The van der Waals surface area contributed by atoms with Crippen molar-refractivity contribution in [3.63, 3.8) is 0 Å². The van der Waals surface area contributed by atoms with Crippen LogP contribution in [0.25, 0.3) is 0 Å². The molecule has 4 heteroatoms. The Labute approximate surface area is 143 Å². The van der Waals surface area contributed by atoms with Crippen LogP contribution < -0.4 is 5.32 Å². The lowest BCUT2D eigenvalue weighted by Gasteiger charge is -2.32. The molecule has 0 aromatic rings. The minimum Gasteiger partial charge on any atom is -0.390 e. The molecule has 0 rings (SSSR count). The molecule has 0 aliphatic heterocycles. The molecule has 0 heterocycles. The lowest BCUT2D eigenvalue weighted by atomic mass is 9.91. The van der Waals surface area contributed by atoms with Gasteiger partial charge in [0.15, 0.2) is 0 Å². The highest BCUT2D eigenvalue weighted by molar-refractivity contribution is 5.76. The maximum atomic E-state index is 12.0. The van der Waals surface area contributed by atoms with E-state index in [4.69, 9.17) is 4.74 Å². The van der Waals surface area contributed by atoms with Crippen molar-refractivity contribution in [3.8, 4) is 0 Å². The second-order valence-electron chi connectivity index (χ2n) is 9.04. The summed E-state index contributed by atoms with van der Waals surface area (Å²) in [5.41, 5.74) is -1.24. The molecule has 1 amide bonds. The predicted molar refractivity (Wildman–Crippen MR) is 96.5 cm³/mol. The smallest absolute Gasteiger partial charge is 0.220 e. The van der Waals surface area contributed by atoms with Crippen molar-refractivity contribution in [1.29, 1.82) is 0 Å². The summed E-state index contributed by atoms with van der Waals surface area (Å²) in [4.78, 5) is 12.0. The van der Waals surface area contributed by atoms with Crippen molar-refractivity contribution in [1.82, 2.24) is 5.32 Å². The van der Waals surface area contributed by atoms with Gasteiger partial charge >= 0.3 is 0 Å². The second kappa shape index (κ2) is 9.03. The van der Waals surface area contributed by atoms with Gasteiger partial charge in [-0.05, 0) is 73.1 Å². The Bertz CT molecular complexity index is 354. The first-order chi connectivity index (χ1) is 10.2. The van der Waals surface area contributed by atoms with Gasteiger partial charge in [0.2, 0.25) is 5.91 Å². The first-order valence-electron chi connectivity index (χ1n) is 8.90. The van der Waals surface area contributed by atoms with E-state index in [1.54, 1.807) is 13.8 Å². The Morgan fingerprint density at radius 1 is 1.04 bits per heavy atom. The summed E-state index contributed by atoms with van der Waals surface area (Å²) in [6.45, 7) is 16.9. The first kappa shape index (κ1) is 22.4. The van der Waals surface area contributed by atoms with Gasteiger partial charge < -0.3 is 15.2 Å². The van der Waals surface area contributed by atoms with Crippen LogP contribution in [0.4, 0.5) is 0 Å². The number of carbonyl (C=O) groups excluding carboxylic acids is 1. The van der Waals surface area contributed by atoms with Crippen molar-refractivity contribution in [3.05, 3.63) is 0 Å². The SMILES string of the molecule is CC(C)CCOC(C)(C)CCC(C)(C)NC(=O)CCC(C)(C)O. The van der Waals surface area contributed by atoms with E-state index in [1.807, 2.05) is 13.8 Å². The van der Waals surface area contributed by atoms with Crippen LogP contribution in [0, 0.1) is 5.92 Å². The second-order valence-corrected chi connectivity index (χ2v) is 9.04. The van der Waals surface area contributed by atoms with E-state index < -0.39 is 5.60 Å². The number of amides is 1. The van der Waals surface area contributed by atoms with Crippen LogP contribution in [0.5, 0.6) is 0 Å². The zero-order valence-electron chi connectivity index (χ0n) is 16.6. The van der Waals surface area contributed by atoms with Gasteiger partial charge in [0.05, 0.1) is 11.2 Å². The molecule has 0 aliphatic rings. The zero-order valence-corrected chi connectivity index (χ0v) is 16.6. The Balaban J connectivity index is 4.22. The number of hydrogen-bond donors (Lipinski definition) is 2. The van der Waals surface area contributed by atoms with Crippen LogP contribution in [-0.2, 0) is 9.53 Å². The number of nitrogens with one attached hydrogen (secondary N) is 1. The molecule has 0 aliphatic carbocycles. The summed E-state index contributed by atoms with van der Waals surface area (Å²) >= 11 is 0. The van der Waals surface area contributed by atoms with E-state index in [2.05, 4.69) is 33.0 Å². The molecule has 0 fully saturated rings. The van der Waals surface area contributed by atoms with E-state index in [1.165, 1.54) is 0 Å². The van der Waals surface area contributed by atoms with E-state index in [-0.39, 0.29) is 17.0 Å². The molecule has 4 nitrogen and oxygen atoms in total. The topological polar surface area (TPSA) is 58.6 Å². The predicted octanol–water partition coefficient (Wildman–Crippen LogP) is 4.05. The molecule has 23 heavy (non-hydrogen) atoms. The first-order valence-corrected chi connectivity index (χ1v) is 8.90. The molecule has 0 aromatic carbocycles.